The van der Waals surface area contributed by atoms with E-state index in [0.29, 0.717) is 22.8 Å². The number of alkyl halides is 3. The molecule has 0 bridgehead atoms. The molecule has 1 aromatic carbocycles. The van der Waals surface area contributed by atoms with Crippen LogP contribution in [0.2, 0.25) is 0 Å². The highest BCUT2D eigenvalue weighted by molar-refractivity contribution is 5.72. The van der Waals surface area contributed by atoms with Gasteiger partial charge in [-0.2, -0.15) is 9.61 Å². The maximum absolute atomic E-state index is 13.9. The van der Waals surface area contributed by atoms with Gasteiger partial charge in [-0.25, -0.2) is 14.9 Å². The summed E-state index contributed by atoms with van der Waals surface area (Å²) >= 11 is 0. The van der Waals surface area contributed by atoms with Crippen LogP contribution in [-0.2, 0) is 0 Å². The van der Waals surface area contributed by atoms with Crippen molar-refractivity contribution in [1.29, 1.82) is 0 Å². The van der Waals surface area contributed by atoms with Gasteiger partial charge in [-0.1, -0.05) is 12.1 Å². The number of rotatable bonds is 5. The fourth-order valence-electron chi connectivity index (χ4n) is 3.11. The van der Waals surface area contributed by atoms with Crippen molar-refractivity contribution >= 4 is 17.3 Å². The minimum atomic E-state index is -4.74. The van der Waals surface area contributed by atoms with Gasteiger partial charge in [-0.05, 0) is 36.4 Å². The lowest BCUT2D eigenvalue weighted by Crippen LogP contribution is -2.35. The lowest BCUT2D eigenvalue weighted by molar-refractivity contribution is -0.121. The smallest absolute Gasteiger partial charge is 0.491 e. The average Bonchev–Trinajstić information content (AvgIpc) is 3.15. The number of hydrogen-bond donors (Lipinski definition) is 0. The van der Waals surface area contributed by atoms with Crippen molar-refractivity contribution in [2.45, 2.75) is 6.30 Å². The van der Waals surface area contributed by atoms with Crippen LogP contribution in [0.1, 0.15) is 0 Å². The van der Waals surface area contributed by atoms with Crippen LogP contribution in [0.3, 0.4) is 0 Å². The van der Waals surface area contributed by atoms with Gasteiger partial charge in [0.15, 0.2) is 23.0 Å². The quantitative estimate of drug-likeness (QED) is 0.448. The van der Waals surface area contributed by atoms with Crippen molar-refractivity contribution < 1.29 is 22.6 Å². The summed E-state index contributed by atoms with van der Waals surface area (Å²) in [5.74, 6) is 0.317. The van der Waals surface area contributed by atoms with Crippen LogP contribution in [0, 0.1) is 0 Å². The van der Waals surface area contributed by atoms with E-state index in [0.717, 1.165) is 10.7 Å². The molecule has 0 aliphatic rings. The van der Waals surface area contributed by atoms with Crippen LogP contribution in [0.5, 0.6) is 11.5 Å². The lowest BCUT2D eigenvalue weighted by Gasteiger charge is -2.24. The molecule has 4 rings (SSSR count). The van der Waals surface area contributed by atoms with Gasteiger partial charge in [0.1, 0.15) is 5.82 Å². The Kier molecular flexibility index (Phi) is 4.90. The number of anilines is 2. The maximum Gasteiger partial charge on any atom is 0.491 e. The number of nitrogens with zero attached hydrogens (tertiary/aromatic N) is 5. The van der Waals surface area contributed by atoms with E-state index >= 15 is 0 Å². The van der Waals surface area contributed by atoms with Crippen LogP contribution >= 0.6 is 0 Å². The van der Waals surface area contributed by atoms with Crippen molar-refractivity contribution in [2.24, 2.45) is 0 Å². The first-order valence-electron chi connectivity index (χ1n) is 8.78. The molecule has 0 atom stereocenters. The largest absolute Gasteiger partial charge is 0.493 e. The summed E-state index contributed by atoms with van der Waals surface area (Å²) in [5.41, 5.74) is 1.20. The Bertz CT molecular complexity index is 1180. The van der Waals surface area contributed by atoms with Crippen molar-refractivity contribution in [3.05, 3.63) is 60.9 Å². The first-order valence-corrected chi connectivity index (χ1v) is 8.78. The number of hydrogen-bond acceptors (Lipinski definition) is 6. The number of halogens is 3. The number of fused-ring (bicyclic) bond motifs is 1. The molecule has 154 valence electrons. The standard InChI is InChI=1S/C20H16F3N5O2/c1-29-15-7-5-6-13(19(15)30-2)14-9-10-17-25-12-18(28(17)26-14)27(20(21,22)23)16-8-3-4-11-24-16/h3-12H,1-2H3. The summed E-state index contributed by atoms with van der Waals surface area (Å²) < 4.78 is 53.6. The van der Waals surface area contributed by atoms with Gasteiger partial charge in [-0.3, -0.25) is 0 Å². The third kappa shape index (κ3) is 3.36. The van der Waals surface area contributed by atoms with E-state index in [1.807, 2.05) is 0 Å². The topological polar surface area (TPSA) is 64.8 Å². The molecule has 0 saturated heterocycles. The van der Waals surface area contributed by atoms with Crippen molar-refractivity contribution in [1.82, 2.24) is 19.6 Å². The van der Waals surface area contributed by atoms with Crippen LogP contribution in [0.4, 0.5) is 24.8 Å². The molecule has 0 spiro atoms. The minimum absolute atomic E-state index is 0.132. The highest BCUT2D eigenvalue weighted by Gasteiger charge is 2.41. The maximum atomic E-state index is 13.9. The molecule has 3 aromatic heterocycles. The number of methoxy groups -OCH3 is 2. The van der Waals surface area contributed by atoms with Crippen molar-refractivity contribution in [2.75, 3.05) is 19.1 Å². The fraction of sp³-hybridized carbons (Fsp3) is 0.150. The zero-order valence-electron chi connectivity index (χ0n) is 16.0. The van der Waals surface area contributed by atoms with Gasteiger partial charge in [0.2, 0.25) is 0 Å². The predicted molar refractivity (Wildman–Crippen MR) is 104 cm³/mol. The van der Waals surface area contributed by atoms with Crippen LogP contribution < -0.4 is 14.4 Å². The lowest BCUT2D eigenvalue weighted by atomic mass is 10.1. The highest BCUT2D eigenvalue weighted by Crippen LogP contribution is 2.38. The summed E-state index contributed by atoms with van der Waals surface area (Å²) in [5, 5.41) is 4.40. The summed E-state index contributed by atoms with van der Waals surface area (Å²) in [6.45, 7) is 0. The Morgan fingerprint density at radius 3 is 2.43 bits per heavy atom. The van der Waals surface area contributed by atoms with Crippen LogP contribution in [-0.4, -0.2) is 40.1 Å². The molecule has 10 heteroatoms. The Morgan fingerprint density at radius 2 is 1.77 bits per heavy atom. The SMILES string of the molecule is COc1cccc(-c2ccc3ncc(N(c4ccccn4)C(F)(F)F)n3n2)c1OC. The first kappa shape index (κ1) is 19.5. The normalized spacial score (nSPS) is 11.5. The van der Waals surface area contributed by atoms with E-state index in [1.165, 1.54) is 38.6 Å². The summed E-state index contributed by atoms with van der Waals surface area (Å²) in [4.78, 5) is 8.04. The van der Waals surface area contributed by atoms with Crippen molar-refractivity contribution in [3.8, 4) is 22.8 Å². The first-order chi connectivity index (χ1) is 14.4. The molecule has 30 heavy (non-hydrogen) atoms. The minimum Gasteiger partial charge on any atom is -0.493 e. The second-order valence-corrected chi connectivity index (χ2v) is 6.14. The molecule has 0 N–H and O–H groups in total. The van der Waals surface area contributed by atoms with E-state index in [4.69, 9.17) is 9.47 Å². The summed E-state index contributed by atoms with van der Waals surface area (Å²) in [7, 11) is 2.98. The Hall–Kier alpha value is -3.82. The molecule has 0 aliphatic heterocycles. The fourth-order valence-corrected chi connectivity index (χ4v) is 3.11. The molecule has 0 amide bonds. The summed E-state index contributed by atoms with van der Waals surface area (Å²) in [6.07, 6.45) is -2.34. The molecular weight excluding hydrogens is 399 g/mol. The number of pyridine rings is 1. The molecule has 0 saturated carbocycles. The van der Waals surface area contributed by atoms with Gasteiger partial charge < -0.3 is 9.47 Å². The van der Waals surface area contributed by atoms with Gasteiger partial charge in [0.25, 0.3) is 0 Å². The summed E-state index contributed by atoms with van der Waals surface area (Å²) in [6, 6.07) is 12.7. The monoisotopic (exact) mass is 415 g/mol. The zero-order valence-corrected chi connectivity index (χ0v) is 16.0. The molecule has 3 heterocycles. The predicted octanol–water partition coefficient (Wildman–Crippen LogP) is 4.47. The number of imidazole rings is 1. The number of benzene rings is 1. The Labute approximate surface area is 169 Å². The second-order valence-electron chi connectivity index (χ2n) is 6.14. The molecule has 7 nitrogen and oxygen atoms in total. The second kappa shape index (κ2) is 7.54. The van der Waals surface area contributed by atoms with Crippen LogP contribution in [0.25, 0.3) is 16.9 Å². The van der Waals surface area contributed by atoms with E-state index in [2.05, 4.69) is 15.1 Å². The van der Waals surface area contributed by atoms with Gasteiger partial charge >= 0.3 is 6.30 Å². The number of para-hydroxylation sites is 1. The highest BCUT2D eigenvalue weighted by atomic mass is 19.4. The average molecular weight is 415 g/mol. The van der Waals surface area contributed by atoms with Gasteiger partial charge in [0, 0.05) is 11.8 Å². The number of ether oxygens (including phenoxy) is 2. The third-order valence-electron chi connectivity index (χ3n) is 4.38. The number of aromatic nitrogens is 4. The van der Waals surface area contributed by atoms with Gasteiger partial charge in [-0.15, -0.1) is 13.2 Å². The van der Waals surface area contributed by atoms with E-state index in [-0.39, 0.29) is 22.2 Å². The van der Waals surface area contributed by atoms with E-state index in [1.54, 1.807) is 30.3 Å². The zero-order chi connectivity index (χ0) is 21.3. The third-order valence-corrected chi connectivity index (χ3v) is 4.38. The Balaban J connectivity index is 1.91. The van der Waals surface area contributed by atoms with E-state index in [9.17, 15) is 13.2 Å². The van der Waals surface area contributed by atoms with E-state index < -0.39 is 6.30 Å². The molecular formula is C20H16F3N5O2. The van der Waals surface area contributed by atoms with Crippen LogP contribution in [0.15, 0.2) is 60.9 Å². The molecule has 4 aromatic rings. The molecule has 0 aliphatic carbocycles. The Morgan fingerprint density at radius 1 is 0.933 bits per heavy atom. The van der Waals surface area contributed by atoms with Gasteiger partial charge in [0.05, 0.1) is 26.1 Å². The molecule has 0 fully saturated rings. The van der Waals surface area contributed by atoms with Crippen molar-refractivity contribution in [3.63, 3.8) is 0 Å². The molecule has 0 radical (unpaired) electrons. The molecule has 0 unspecified atom stereocenters.